The fraction of sp³-hybridized carbons (Fsp3) is 0.533. The SMILES string of the molecule is N#Cc1ccc(C(F)(F)F)nc1N1C[C@@H]2CCC[C@@]2(C(=O)O)C1. The predicted molar refractivity (Wildman–Crippen MR) is 73.6 cm³/mol. The Bertz CT molecular complexity index is 698. The van der Waals surface area contributed by atoms with Gasteiger partial charge in [0.05, 0.1) is 11.0 Å². The van der Waals surface area contributed by atoms with E-state index in [1.807, 2.05) is 6.07 Å². The van der Waals surface area contributed by atoms with Crippen molar-refractivity contribution < 1.29 is 23.1 Å². The van der Waals surface area contributed by atoms with Crippen LogP contribution in [0.4, 0.5) is 19.0 Å². The first kappa shape index (κ1) is 15.6. The number of pyridine rings is 1. The number of alkyl halides is 3. The third-order valence-corrected chi connectivity index (χ3v) is 4.88. The number of hydrogen-bond donors (Lipinski definition) is 1. The van der Waals surface area contributed by atoms with Crippen molar-refractivity contribution in [2.24, 2.45) is 11.3 Å². The summed E-state index contributed by atoms with van der Waals surface area (Å²) in [7, 11) is 0. The number of nitriles is 1. The molecule has 1 aromatic heterocycles. The number of halogens is 3. The van der Waals surface area contributed by atoms with Crippen LogP contribution in [0.5, 0.6) is 0 Å². The molecular weight excluding hydrogens is 311 g/mol. The molecule has 1 N–H and O–H groups in total. The summed E-state index contributed by atoms with van der Waals surface area (Å²) >= 11 is 0. The highest BCUT2D eigenvalue weighted by molar-refractivity contribution is 5.78. The van der Waals surface area contributed by atoms with Crippen molar-refractivity contribution in [3.05, 3.63) is 23.4 Å². The number of anilines is 1. The highest BCUT2D eigenvalue weighted by Crippen LogP contribution is 2.50. The second kappa shape index (κ2) is 5.11. The minimum atomic E-state index is -4.61. The van der Waals surface area contributed by atoms with E-state index in [-0.39, 0.29) is 23.8 Å². The van der Waals surface area contributed by atoms with Crippen molar-refractivity contribution in [1.82, 2.24) is 4.98 Å². The topological polar surface area (TPSA) is 77.2 Å². The lowest BCUT2D eigenvalue weighted by Gasteiger charge is -2.24. The van der Waals surface area contributed by atoms with Gasteiger partial charge in [0.1, 0.15) is 17.6 Å². The first-order chi connectivity index (χ1) is 10.8. The molecule has 1 aliphatic heterocycles. The van der Waals surface area contributed by atoms with Crippen LogP contribution >= 0.6 is 0 Å². The van der Waals surface area contributed by atoms with Crippen LogP contribution in [0.2, 0.25) is 0 Å². The van der Waals surface area contributed by atoms with Gasteiger partial charge < -0.3 is 10.0 Å². The first-order valence-corrected chi connectivity index (χ1v) is 7.24. The number of hydrogen-bond acceptors (Lipinski definition) is 4. The quantitative estimate of drug-likeness (QED) is 0.904. The molecule has 2 fully saturated rings. The Balaban J connectivity index is 2.00. The van der Waals surface area contributed by atoms with Crippen LogP contribution in [0.3, 0.4) is 0 Å². The average molecular weight is 325 g/mol. The number of carboxylic acids is 1. The fourth-order valence-corrected chi connectivity index (χ4v) is 3.73. The van der Waals surface area contributed by atoms with Crippen molar-refractivity contribution in [1.29, 1.82) is 5.26 Å². The van der Waals surface area contributed by atoms with Crippen LogP contribution in [-0.4, -0.2) is 29.1 Å². The maximum atomic E-state index is 12.9. The molecular formula is C15H14F3N3O2. The van der Waals surface area contributed by atoms with Crippen molar-refractivity contribution in [3.63, 3.8) is 0 Å². The van der Waals surface area contributed by atoms with Gasteiger partial charge in [0.15, 0.2) is 0 Å². The number of fused-ring (bicyclic) bond motifs is 1. The normalized spacial score (nSPS) is 26.9. The van der Waals surface area contributed by atoms with Crippen LogP contribution in [0.25, 0.3) is 0 Å². The smallest absolute Gasteiger partial charge is 0.433 e. The fourth-order valence-electron chi connectivity index (χ4n) is 3.73. The summed E-state index contributed by atoms with van der Waals surface area (Å²) in [5, 5.41) is 18.7. The third kappa shape index (κ3) is 2.40. The number of rotatable bonds is 2. The maximum absolute atomic E-state index is 12.9. The summed E-state index contributed by atoms with van der Waals surface area (Å²) in [5.74, 6) is -1.12. The Morgan fingerprint density at radius 2 is 2.22 bits per heavy atom. The number of carboxylic acid groups (broad SMARTS) is 1. The summed E-state index contributed by atoms with van der Waals surface area (Å²) in [5.41, 5.74) is -1.99. The summed E-state index contributed by atoms with van der Waals surface area (Å²) in [6.45, 7) is 0.408. The van der Waals surface area contributed by atoms with Gasteiger partial charge in [-0.3, -0.25) is 4.79 Å². The van der Waals surface area contributed by atoms with Gasteiger partial charge in [-0.05, 0) is 30.9 Å². The summed E-state index contributed by atoms with van der Waals surface area (Å²) in [6, 6.07) is 3.70. The van der Waals surface area contributed by atoms with Gasteiger partial charge in [-0.25, -0.2) is 4.98 Å². The molecule has 5 nitrogen and oxygen atoms in total. The molecule has 23 heavy (non-hydrogen) atoms. The highest BCUT2D eigenvalue weighted by Gasteiger charge is 2.55. The second-order valence-electron chi connectivity index (χ2n) is 6.11. The van der Waals surface area contributed by atoms with Crippen molar-refractivity contribution in [2.45, 2.75) is 25.4 Å². The minimum absolute atomic E-state index is 0.0264. The molecule has 0 spiro atoms. The van der Waals surface area contributed by atoms with E-state index in [2.05, 4.69) is 4.98 Å². The summed E-state index contributed by atoms with van der Waals surface area (Å²) < 4.78 is 38.6. The van der Waals surface area contributed by atoms with Crippen LogP contribution in [0, 0.1) is 22.7 Å². The number of aliphatic carboxylic acids is 1. The van der Waals surface area contributed by atoms with Crippen LogP contribution in [0.15, 0.2) is 12.1 Å². The van der Waals surface area contributed by atoms with Crippen molar-refractivity contribution in [3.8, 4) is 6.07 Å². The van der Waals surface area contributed by atoms with Crippen molar-refractivity contribution >= 4 is 11.8 Å². The van der Waals surface area contributed by atoms with Gasteiger partial charge in [-0.1, -0.05) is 6.42 Å². The van der Waals surface area contributed by atoms with E-state index in [0.29, 0.717) is 13.0 Å². The molecule has 0 radical (unpaired) electrons. The van der Waals surface area contributed by atoms with Crippen LogP contribution < -0.4 is 4.90 Å². The molecule has 122 valence electrons. The Morgan fingerprint density at radius 3 is 2.78 bits per heavy atom. The molecule has 3 rings (SSSR count). The zero-order valence-corrected chi connectivity index (χ0v) is 12.1. The highest BCUT2D eigenvalue weighted by atomic mass is 19.4. The number of carbonyl (C=O) groups is 1. The standard InChI is InChI=1S/C15H14F3N3O2/c16-15(17,18)11-4-3-9(6-19)12(20-11)21-7-10-2-1-5-14(10,8-21)13(22)23/h3-4,10H,1-2,5,7-8H2,(H,22,23)/t10-,14+/m0/s1. The van der Waals surface area contributed by atoms with E-state index in [4.69, 9.17) is 5.26 Å². The Hall–Kier alpha value is -2.30. The molecule has 1 saturated carbocycles. The number of nitrogens with zero attached hydrogens (tertiary/aromatic N) is 3. The second-order valence-corrected chi connectivity index (χ2v) is 6.11. The molecule has 1 aliphatic carbocycles. The van der Waals surface area contributed by atoms with Gasteiger partial charge in [-0.2, -0.15) is 18.4 Å². The molecule has 0 bridgehead atoms. The summed E-state index contributed by atoms with van der Waals surface area (Å²) in [4.78, 5) is 16.8. The molecule has 8 heteroatoms. The van der Waals surface area contributed by atoms with Gasteiger partial charge in [-0.15, -0.1) is 0 Å². The molecule has 2 aliphatic rings. The van der Waals surface area contributed by atoms with E-state index in [1.54, 1.807) is 0 Å². The lowest BCUT2D eigenvalue weighted by atomic mass is 9.81. The van der Waals surface area contributed by atoms with E-state index < -0.39 is 23.3 Å². The van der Waals surface area contributed by atoms with Gasteiger partial charge in [0, 0.05) is 13.1 Å². The van der Waals surface area contributed by atoms with Crippen molar-refractivity contribution in [2.75, 3.05) is 18.0 Å². The lowest BCUT2D eigenvalue weighted by molar-refractivity contribution is -0.149. The zero-order chi connectivity index (χ0) is 16.8. The van der Waals surface area contributed by atoms with E-state index in [9.17, 15) is 23.1 Å². The largest absolute Gasteiger partial charge is 0.481 e. The molecule has 0 aromatic carbocycles. The predicted octanol–water partition coefficient (Wildman–Crippen LogP) is 2.66. The Labute approximate surface area is 130 Å². The Morgan fingerprint density at radius 1 is 1.48 bits per heavy atom. The molecule has 0 amide bonds. The third-order valence-electron chi connectivity index (χ3n) is 4.88. The zero-order valence-electron chi connectivity index (χ0n) is 12.1. The van der Waals surface area contributed by atoms with Gasteiger partial charge in [0.2, 0.25) is 0 Å². The molecule has 2 atom stereocenters. The van der Waals surface area contributed by atoms with E-state index in [0.717, 1.165) is 25.0 Å². The first-order valence-electron chi connectivity index (χ1n) is 7.24. The Kier molecular flexibility index (Phi) is 3.47. The molecule has 2 heterocycles. The van der Waals surface area contributed by atoms with Crippen LogP contribution in [-0.2, 0) is 11.0 Å². The van der Waals surface area contributed by atoms with Crippen LogP contribution in [0.1, 0.15) is 30.5 Å². The van der Waals surface area contributed by atoms with Gasteiger partial charge in [0.25, 0.3) is 0 Å². The number of aromatic nitrogens is 1. The van der Waals surface area contributed by atoms with E-state index in [1.165, 1.54) is 4.90 Å². The summed E-state index contributed by atoms with van der Waals surface area (Å²) in [6.07, 6.45) is -2.58. The van der Waals surface area contributed by atoms with E-state index >= 15 is 0 Å². The molecule has 0 unspecified atom stereocenters. The molecule has 1 saturated heterocycles. The maximum Gasteiger partial charge on any atom is 0.433 e. The molecule has 1 aromatic rings. The monoisotopic (exact) mass is 325 g/mol. The average Bonchev–Trinajstić information content (AvgIpc) is 3.03. The minimum Gasteiger partial charge on any atom is -0.481 e. The lowest BCUT2D eigenvalue weighted by Crippen LogP contribution is -2.36. The van der Waals surface area contributed by atoms with Gasteiger partial charge >= 0.3 is 12.1 Å².